The van der Waals surface area contributed by atoms with E-state index in [1.54, 1.807) is 22.8 Å². The van der Waals surface area contributed by atoms with Crippen LogP contribution >= 0.6 is 22.9 Å². The molecule has 0 fully saturated rings. The number of esters is 1. The lowest BCUT2D eigenvalue weighted by molar-refractivity contribution is -0.141. The van der Waals surface area contributed by atoms with Crippen molar-refractivity contribution in [2.75, 3.05) is 7.11 Å². The molecule has 1 aromatic carbocycles. The highest BCUT2D eigenvalue weighted by molar-refractivity contribution is 7.16. The van der Waals surface area contributed by atoms with Crippen molar-refractivity contribution >= 4 is 45.0 Å². The minimum atomic E-state index is -0.403. The number of carbonyl (C=O) groups is 2. The molecule has 19 heavy (non-hydrogen) atoms. The van der Waals surface area contributed by atoms with Gasteiger partial charge in [0.05, 0.1) is 17.3 Å². The zero-order valence-corrected chi connectivity index (χ0v) is 11.9. The van der Waals surface area contributed by atoms with Crippen molar-refractivity contribution in [2.45, 2.75) is 13.5 Å². The van der Waals surface area contributed by atoms with Gasteiger partial charge in [-0.3, -0.25) is 9.59 Å². The number of thiazole rings is 1. The van der Waals surface area contributed by atoms with Crippen LogP contribution < -0.4 is 4.80 Å². The molecule has 0 aliphatic heterocycles. The summed E-state index contributed by atoms with van der Waals surface area (Å²) in [5.74, 6) is -0.726. The molecule has 0 N–H and O–H groups in total. The van der Waals surface area contributed by atoms with Gasteiger partial charge >= 0.3 is 5.97 Å². The van der Waals surface area contributed by atoms with Crippen LogP contribution in [0.25, 0.3) is 10.2 Å². The first-order chi connectivity index (χ1) is 9.01. The number of benzene rings is 1. The zero-order valence-electron chi connectivity index (χ0n) is 10.3. The fourth-order valence-corrected chi connectivity index (χ4v) is 2.96. The number of halogens is 1. The Bertz CT molecular complexity index is 717. The van der Waals surface area contributed by atoms with Crippen LogP contribution in [0.3, 0.4) is 0 Å². The third-order valence-electron chi connectivity index (χ3n) is 2.41. The van der Waals surface area contributed by atoms with Crippen LogP contribution in [0.2, 0.25) is 5.02 Å². The van der Waals surface area contributed by atoms with Gasteiger partial charge in [0.2, 0.25) is 5.91 Å². The molecule has 5 nitrogen and oxygen atoms in total. The number of fused-ring (bicyclic) bond motifs is 1. The van der Waals surface area contributed by atoms with Gasteiger partial charge in [0.25, 0.3) is 0 Å². The maximum atomic E-state index is 11.4. The van der Waals surface area contributed by atoms with E-state index in [0.29, 0.717) is 9.82 Å². The van der Waals surface area contributed by atoms with E-state index < -0.39 is 5.97 Å². The van der Waals surface area contributed by atoms with Crippen LogP contribution in [0.1, 0.15) is 6.92 Å². The first kappa shape index (κ1) is 13.8. The molecule has 0 atom stereocenters. The third kappa shape index (κ3) is 3.02. The standard InChI is InChI=1S/C12H11ClN2O3S/c1-7(16)14-12-15(6-11(17)18-2)9-4-3-8(13)5-10(9)19-12/h3-5H,6H2,1-2H3. The summed E-state index contributed by atoms with van der Waals surface area (Å²) in [6.07, 6.45) is 0. The van der Waals surface area contributed by atoms with Crippen LogP contribution in [0, 0.1) is 0 Å². The maximum Gasteiger partial charge on any atom is 0.325 e. The minimum Gasteiger partial charge on any atom is -0.468 e. The predicted octanol–water partition coefficient (Wildman–Crippen LogP) is 1.98. The zero-order chi connectivity index (χ0) is 14.0. The van der Waals surface area contributed by atoms with Gasteiger partial charge in [-0.2, -0.15) is 4.99 Å². The van der Waals surface area contributed by atoms with Gasteiger partial charge in [-0.05, 0) is 18.2 Å². The fourth-order valence-electron chi connectivity index (χ4n) is 1.61. The van der Waals surface area contributed by atoms with Gasteiger partial charge in [0, 0.05) is 11.9 Å². The Hall–Kier alpha value is -1.66. The fraction of sp³-hybridized carbons (Fsp3) is 0.250. The highest BCUT2D eigenvalue weighted by atomic mass is 35.5. The van der Waals surface area contributed by atoms with Crippen molar-refractivity contribution < 1.29 is 14.3 Å². The molecule has 0 saturated heterocycles. The largest absolute Gasteiger partial charge is 0.468 e. The average molecular weight is 299 g/mol. The number of nitrogens with zero attached hydrogens (tertiary/aromatic N) is 2. The van der Waals surface area contributed by atoms with E-state index in [4.69, 9.17) is 11.6 Å². The first-order valence-corrected chi connectivity index (χ1v) is 6.61. The van der Waals surface area contributed by atoms with Gasteiger partial charge in [0.1, 0.15) is 6.54 Å². The SMILES string of the molecule is COC(=O)Cn1c(=NC(C)=O)sc2cc(Cl)ccc21. The van der Waals surface area contributed by atoms with Gasteiger partial charge in [-0.25, -0.2) is 0 Å². The molecule has 0 radical (unpaired) electrons. The summed E-state index contributed by atoms with van der Waals surface area (Å²) < 4.78 is 7.15. The smallest absolute Gasteiger partial charge is 0.325 e. The summed E-state index contributed by atoms with van der Waals surface area (Å²) in [6.45, 7) is 1.37. The average Bonchev–Trinajstić information content (AvgIpc) is 2.65. The molecule has 0 saturated carbocycles. The minimum absolute atomic E-state index is 0.00421. The summed E-state index contributed by atoms with van der Waals surface area (Å²) in [5, 5.41) is 0.591. The Morgan fingerprint density at radius 2 is 2.21 bits per heavy atom. The Labute approximate surface area is 118 Å². The summed E-state index contributed by atoms with van der Waals surface area (Å²) >= 11 is 7.23. The molecule has 1 aromatic heterocycles. The summed E-state index contributed by atoms with van der Waals surface area (Å²) in [5.41, 5.74) is 0.791. The van der Waals surface area contributed by atoms with Crippen LogP contribution in [0.5, 0.6) is 0 Å². The lowest BCUT2D eigenvalue weighted by Crippen LogP contribution is -2.22. The maximum absolute atomic E-state index is 11.4. The molecule has 2 aromatic rings. The molecule has 0 spiro atoms. The lowest BCUT2D eigenvalue weighted by Gasteiger charge is -2.03. The van der Waals surface area contributed by atoms with Crippen molar-refractivity contribution in [1.29, 1.82) is 0 Å². The second-order valence-corrected chi connectivity index (χ2v) is 5.24. The number of carbonyl (C=O) groups excluding carboxylic acids is 2. The highest BCUT2D eigenvalue weighted by Gasteiger charge is 2.11. The molecule has 0 aliphatic rings. The second kappa shape index (κ2) is 5.54. The molecule has 2 rings (SSSR count). The number of methoxy groups -OCH3 is 1. The number of rotatable bonds is 2. The molecule has 1 heterocycles. The molecule has 100 valence electrons. The Kier molecular flexibility index (Phi) is 4.01. The third-order valence-corrected chi connectivity index (χ3v) is 3.69. The van der Waals surface area contributed by atoms with E-state index in [-0.39, 0.29) is 12.5 Å². The van der Waals surface area contributed by atoms with E-state index in [0.717, 1.165) is 10.2 Å². The van der Waals surface area contributed by atoms with Crippen molar-refractivity contribution in [3.8, 4) is 0 Å². The van der Waals surface area contributed by atoms with E-state index in [1.165, 1.54) is 25.4 Å². The van der Waals surface area contributed by atoms with Crippen molar-refractivity contribution in [3.05, 3.63) is 28.0 Å². The van der Waals surface area contributed by atoms with Gasteiger partial charge in [-0.15, -0.1) is 0 Å². The number of amides is 1. The van der Waals surface area contributed by atoms with Crippen LogP contribution in [0.15, 0.2) is 23.2 Å². The molecule has 0 bridgehead atoms. The highest BCUT2D eigenvalue weighted by Crippen LogP contribution is 2.21. The van der Waals surface area contributed by atoms with Crippen LogP contribution in [-0.4, -0.2) is 23.6 Å². The summed E-state index contributed by atoms with van der Waals surface area (Å²) in [4.78, 5) is 26.9. The number of aromatic nitrogens is 1. The van der Waals surface area contributed by atoms with E-state index >= 15 is 0 Å². The molecular formula is C12H11ClN2O3S. The van der Waals surface area contributed by atoms with E-state index in [9.17, 15) is 9.59 Å². The monoisotopic (exact) mass is 298 g/mol. The molecule has 0 unspecified atom stereocenters. The normalized spacial score (nSPS) is 11.8. The van der Waals surface area contributed by atoms with Crippen molar-refractivity contribution in [2.24, 2.45) is 4.99 Å². The molecule has 7 heteroatoms. The summed E-state index contributed by atoms with van der Waals surface area (Å²) in [6, 6.07) is 5.28. The number of hydrogen-bond donors (Lipinski definition) is 0. The van der Waals surface area contributed by atoms with Crippen molar-refractivity contribution in [3.63, 3.8) is 0 Å². The predicted molar refractivity (Wildman–Crippen MR) is 73.1 cm³/mol. The van der Waals surface area contributed by atoms with Gasteiger partial charge in [-0.1, -0.05) is 22.9 Å². The van der Waals surface area contributed by atoms with Crippen LogP contribution in [-0.2, 0) is 20.9 Å². The summed E-state index contributed by atoms with van der Waals surface area (Å²) in [7, 11) is 1.32. The van der Waals surface area contributed by atoms with E-state index in [1.807, 2.05) is 0 Å². The quantitative estimate of drug-likeness (QED) is 0.797. The second-order valence-electron chi connectivity index (χ2n) is 3.79. The Balaban J connectivity index is 2.68. The molecule has 0 aliphatic carbocycles. The van der Waals surface area contributed by atoms with Gasteiger partial charge < -0.3 is 9.30 Å². The van der Waals surface area contributed by atoms with Gasteiger partial charge in [0.15, 0.2) is 4.80 Å². The molecular weight excluding hydrogens is 288 g/mol. The van der Waals surface area contributed by atoms with Crippen LogP contribution in [0.4, 0.5) is 0 Å². The lowest BCUT2D eigenvalue weighted by atomic mass is 10.3. The topological polar surface area (TPSA) is 60.7 Å². The number of hydrogen-bond acceptors (Lipinski definition) is 4. The van der Waals surface area contributed by atoms with Crippen molar-refractivity contribution in [1.82, 2.24) is 4.57 Å². The Morgan fingerprint density at radius 1 is 1.47 bits per heavy atom. The Morgan fingerprint density at radius 3 is 2.84 bits per heavy atom. The molecule has 1 amide bonds. The first-order valence-electron chi connectivity index (χ1n) is 5.42. The van der Waals surface area contributed by atoms with E-state index in [2.05, 4.69) is 9.73 Å². The number of ether oxygens (including phenoxy) is 1.